The van der Waals surface area contributed by atoms with Crippen LogP contribution in [-0.4, -0.2) is 142 Å². The number of benzene rings is 5. The summed E-state index contributed by atoms with van der Waals surface area (Å²) >= 11 is 4.35. The number of nitrogens with two attached hydrogens (primary N) is 4. The quantitative estimate of drug-likeness (QED) is 0.00810. The second kappa shape index (κ2) is 50.7. The zero-order chi connectivity index (χ0) is 69.5. The first kappa shape index (κ1) is 83.2. The van der Waals surface area contributed by atoms with Crippen molar-refractivity contribution in [3.05, 3.63) is 221 Å². The summed E-state index contributed by atoms with van der Waals surface area (Å²) in [6, 6.07) is 42.1. The van der Waals surface area contributed by atoms with Crippen molar-refractivity contribution < 1.29 is 70.1 Å². The molecule has 0 atom stereocenters. The van der Waals surface area contributed by atoms with Crippen LogP contribution in [0.3, 0.4) is 0 Å². The molecule has 0 aliphatic rings. The first-order valence-electron chi connectivity index (χ1n) is 29.6. The lowest BCUT2D eigenvalue weighted by Gasteiger charge is -2.05. The molecule has 93 heavy (non-hydrogen) atoms. The van der Waals surface area contributed by atoms with Gasteiger partial charge in [0.05, 0.1) is 58.0 Å². The Balaban J connectivity index is 0.00000116. The van der Waals surface area contributed by atoms with Crippen LogP contribution < -0.4 is 44.4 Å². The lowest BCUT2D eigenvalue weighted by molar-refractivity contribution is 0.0694. The van der Waals surface area contributed by atoms with E-state index in [1.54, 1.807) is 97.1 Å². The number of thiophene rings is 2. The molecule has 2 aromatic heterocycles. The van der Waals surface area contributed by atoms with Crippen LogP contribution in [-0.2, 0) is 32.2 Å². The number of carboxylic acids is 1. The minimum absolute atomic E-state index is 0. The first-order valence-corrected chi connectivity index (χ1v) is 32.1. The number of carboxylic acid groups (broad SMARTS) is 1. The molecule has 0 saturated heterocycles. The van der Waals surface area contributed by atoms with Crippen molar-refractivity contribution in [2.24, 2.45) is 23.2 Å². The van der Waals surface area contributed by atoms with Crippen LogP contribution in [0.5, 0.6) is 0 Å². The van der Waals surface area contributed by atoms with Crippen molar-refractivity contribution in [3.63, 3.8) is 0 Å². The number of aliphatic hydroxyl groups excluding tert-OH is 4. The second-order valence-corrected chi connectivity index (χ2v) is 21.1. The molecule has 0 fully saturated rings. The van der Waals surface area contributed by atoms with Gasteiger partial charge in [0.1, 0.15) is 0 Å². The second-order valence-electron chi connectivity index (χ2n) is 19.0. The summed E-state index contributed by atoms with van der Waals surface area (Å²) in [7, 11) is 0. The molecule has 0 bridgehead atoms. The highest BCUT2D eigenvalue weighted by molar-refractivity contribution is 14.1. The van der Waals surface area contributed by atoms with E-state index in [4.69, 9.17) is 38.4 Å². The van der Waals surface area contributed by atoms with Crippen molar-refractivity contribution in [3.8, 4) is 0 Å². The Morgan fingerprint density at radius 3 is 0.935 bits per heavy atom. The fourth-order valence-electron chi connectivity index (χ4n) is 7.48. The number of rotatable bonds is 27. The summed E-state index contributed by atoms with van der Waals surface area (Å²) < 4.78 is 6.20. The standard InChI is InChI=1S/C18H20N2O4S.C18H19NO4S.C11H15NO2.C10H14N2O2.C9H10O2.CH3I.ClH.H4N2/c19-11-15(23)17-8-7-16(25-17)14(22)6-3-12-1-4-13(5-2-12)18(24)20-9-10-21;1-12(21)16-8-9-17(24-16)15(22)7-4-13-2-5-14(6-3-13)18(23)19-10-11-20;1-2-9-3-5-10(6-4-9)11(14)12-7-8-13;11-7-8-1-3-9(4-2-8)10(14)12-5-6-13;1-2-7-3-5-8(6-4-7)9(10)11;1-2;;1-2/h1-2,4-5,7-8,21H,3,6,9-11,19H2,(H,20,24);2-3,5-6,8-9,20H,4,7,10-11H2,1H3,(H,19,23);3-6,13H,2,7-8H2,1H3,(H,12,14);1-4,13H,5-7,11H2,(H,12,14);3-6H,2H2,1H3,(H,10,11);1H3;1H;1-2H2/i;;;;;1D;;. The van der Waals surface area contributed by atoms with E-state index in [-0.39, 0.29) is 112 Å². The third-order valence-electron chi connectivity index (χ3n) is 12.6. The molecule has 17 N–H and O–H groups in total. The van der Waals surface area contributed by atoms with Crippen molar-refractivity contribution in [1.82, 2.24) is 21.3 Å². The Hall–Kier alpha value is -7.77. The lowest BCUT2D eigenvalue weighted by atomic mass is 10.0. The SMILES string of the molecule is CC(=O)c1ccc(C(=O)CCc2ccc(C(=O)NCCO)cc2)s1.CCc1ccc(C(=O)NCCO)cc1.CCc1ccc(C(=O)O)cc1.Cl.NCC(=O)c1ccc(C(=O)CCc2ccc(C(=O)NCCO)cc2)s1.NCc1ccc(C(=O)NCCO)cc1.NN.[2H]CI. The highest BCUT2D eigenvalue weighted by atomic mass is 127. The minimum Gasteiger partial charge on any atom is -0.478 e. The third-order valence-corrected chi connectivity index (χ3v) is 15.0. The molecule has 0 unspecified atom stereocenters. The van der Waals surface area contributed by atoms with Crippen molar-refractivity contribution >= 4 is 110 Å². The number of amides is 4. The summed E-state index contributed by atoms with van der Waals surface area (Å²) in [5, 5.41) is 53.3. The number of nitrogens with one attached hydrogen (secondary N) is 4. The van der Waals surface area contributed by atoms with Crippen LogP contribution >= 0.6 is 57.7 Å². The molecule has 4 amide bonds. The summed E-state index contributed by atoms with van der Waals surface area (Å²) in [6.45, 7) is 6.73. The topological polar surface area (TPSA) is 407 Å². The fourth-order valence-corrected chi connectivity index (χ4v) is 9.27. The van der Waals surface area contributed by atoms with Gasteiger partial charge in [0, 0.05) is 69.2 Å². The maximum Gasteiger partial charge on any atom is 0.335 e. The molecule has 2 heterocycles. The zero-order valence-electron chi connectivity index (χ0n) is 53.2. The predicted molar refractivity (Wildman–Crippen MR) is 376 cm³/mol. The van der Waals surface area contributed by atoms with Gasteiger partial charge in [-0.3, -0.25) is 50.0 Å². The Morgan fingerprint density at radius 1 is 0.430 bits per heavy atom. The van der Waals surface area contributed by atoms with Gasteiger partial charge in [0.2, 0.25) is 0 Å². The molecular weight excluding hydrogens is 1370 g/mol. The highest BCUT2D eigenvalue weighted by Gasteiger charge is 2.15. The molecule has 0 saturated carbocycles. The molecular formula is C67H86ClIN8O14S2. The lowest BCUT2D eigenvalue weighted by Crippen LogP contribution is -2.26. The average molecular weight is 1450 g/mol. The number of ketones is 4. The summed E-state index contributed by atoms with van der Waals surface area (Å²) in [5.74, 6) is 6.13. The fraction of sp³-hybridized carbons (Fsp3) is 0.299. The maximum atomic E-state index is 12.2. The van der Waals surface area contributed by atoms with E-state index in [0.717, 1.165) is 35.1 Å². The van der Waals surface area contributed by atoms with E-state index in [1.807, 2.05) is 78.0 Å². The number of hydrazine groups is 1. The number of aromatic carboxylic acids is 1. The maximum absolute atomic E-state index is 12.2. The average Bonchev–Trinajstić information content (AvgIpc) is 1.72. The van der Waals surface area contributed by atoms with Crippen LogP contribution in [0.2, 0.25) is 0 Å². The van der Waals surface area contributed by atoms with Gasteiger partial charge in [-0.2, -0.15) is 0 Å². The summed E-state index contributed by atoms with van der Waals surface area (Å²) in [4.78, 5) is 106. The molecule has 7 rings (SSSR count). The van der Waals surface area contributed by atoms with Crippen LogP contribution in [0.4, 0.5) is 0 Å². The number of carbonyl (C=O) groups excluding carboxylic acids is 8. The van der Waals surface area contributed by atoms with Gasteiger partial charge in [-0.25, -0.2) is 4.79 Å². The van der Waals surface area contributed by atoms with Gasteiger partial charge in [-0.1, -0.05) is 97.1 Å². The molecule has 22 nitrogen and oxygen atoms in total. The monoisotopic (exact) mass is 1450 g/mol. The number of Topliss-reactive ketones (excluding diaryl/α,β-unsaturated/α-hetero) is 4. The van der Waals surface area contributed by atoms with Crippen molar-refractivity contribution in [2.75, 3.05) is 64.1 Å². The van der Waals surface area contributed by atoms with E-state index in [2.05, 4.69) is 39.9 Å². The van der Waals surface area contributed by atoms with E-state index < -0.39 is 5.97 Å². The number of alkyl halides is 1. The number of carbonyl (C=O) groups is 9. The van der Waals surface area contributed by atoms with Gasteiger partial charge in [-0.15, -0.1) is 35.1 Å². The number of hydrogen-bond donors (Lipinski definition) is 13. The number of hydrogen-bond acceptors (Lipinski definition) is 19. The Bertz CT molecular complexity index is 3300. The third kappa shape index (κ3) is 33.6. The van der Waals surface area contributed by atoms with E-state index in [9.17, 15) is 43.2 Å². The largest absolute Gasteiger partial charge is 0.478 e. The normalized spacial score (nSPS) is 9.87. The molecule has 0 spiro atoms. The number of aryl methyl sites for hydroxylation is 4. The minimum atomic E-state index is -0.868. The van der Waals surface area contributed by atoms with Gasteiger partial charge in [0.15, 0.2) is 23.1 Å². The van der Waals surface area contributed by atoms with Gasteiger partial charge >= 0.3 is 5.97 Å². The van der Waals surface area contributed by atoms with Gasteiger partial charge in [0.25, 0.3) is 23.6 Å². The van der Waals surface area contributed by atoms with Crippen molar-refractivity contribution in [1.29, 1.82) is 0 Å². The van der Waals surface area contributed by atoms with Crippen LogP contribution in [0.15, 0.2) is 146 Å². The molecule has 0 aliphatic heterocycles. The molecule has 504 valence electrons. The number of aliphatic hydroxyl groups is 4. The molecule has 0 radical (unpaired) electrons. The Kier molecular flexibility index (Phi) is 45.4. The molecule has 5 aromatic carbocycles. The van der Waals surface area contributed by atoms with E-state index >= 15 is 0 Å². The van der Waals surface area contributed by atoms with Crippen LogP contribution in [0.1, 0.15) is 153 Å². The zero-order valence-corrected chi connectivity index (χ0v) is 56.8. The van der Waals surface area contributed by atoms with E-state index in [1.165, 1.54) is 35.2 Å². The van der Waals surface area contributed by atoms with Gasteiger partial charge < -0.3 is 58.3 Å². The first-order chi connectivity index (χ1) is 44.8. The van der Waals surface area contributed by atoms with Crippen LogP contribution in [0.25, 0.3) is 0 Å². The van der Waals surface area contributed by atoms with Crippen molar-refractivity contribution in [2.45, 2.75) is 65.8 Å². The molecule has 7 aromatic rings. The van der Waals surface area contributed by atoms with Crippen LogP contribution in [0, 0.1) is 0 Å². The van der Waals surface area contributed by atoms with E-state index in [0.29, 0.717) is 91.0 Å². The predicted octanol–water partition coefficient (Wildman–Crippen LogP) is 6.99. The summed E-state index contributed by atoms with van der Waals surface area (Å²) in [5.41, 5.74) is 18.6. The molecule has 0 aliphatic carbocycles. The molecule has 26 heteroatoms. The highest BCUT2D eigenvalue weighted by Crippen LogP contribution is 2.21. The summed E-state index contributed by atoms with van der Waals surface area (Å²) in [6.07, 6.45) is 3.72. The van der Waals surface area contributed by atoms with Gasteiger partial charge in [-0.05, 0) is 150 Å². The Labute approximate surface area is 571 Å². The smallest absolute Gasteiger partial charge is 0.335 e. The number of halogens is 2. The Morgan fingerprint density at radius 2 is 0.688 bits per heavy atom.